The Balaban J connectivity index is 2.02. The van der Waals surface area contributed by atoms with Crippen molar-refractivity contribution < 1.29 is 13.5 Å². The van der Waals surface area contributed by atoms with Gasteiger partial charge in [-0.25, -0.2) is 8.78 Å². The fraction of sp³-hybridized carbons (Fsp3) is 0.125. The number of halogens is 2. The summed E-state index contributed by atoms with van der Waals surface area (Å²) >= 11 is 0. The lowest BCUT2D eigenvalue weighted by Gasteiger charge is -2.00. The van der Waals surface area contributed by atoms with Crippen molar-refractivity contribution in [3.05, 3.63) is 71.3 Å². The predicted molar refractivity (Wildman–Crippen MR) is 72.1 cm³/mol. The SMILES string of the molecule is COc1ccc(/C=C/Cc2ccc(F)cc2F)cc1. The van der Waals surface area contributed by atoms with Crippen molar-refractivity contribution in [2.75, 3.05) is 7.11 Å². The summed E-state index contributed by atoms with van der Waals surface area (Å²) in [5.74, 6) is -0.276. The molecule has 3 heteroatoms. The van der Waals surface area contributed by atoms with Crippen LogP contribution >= 0.6 is 0 Å². The highest BCUT2D eigenvalue weighted by Crippen LogP contribution is 2.14. The van der Waals surface area contributed by atoms with Gasteiger partial charge in [-0.05, 0) is 35.7 Å². The van der Waals surface area contributed by atoms with E-state index in [1.54, 1.807) is 7.11 Å². The molecule has 0 radical (unpaired) electrons. The summed E-state index contributed by atoms with van der Waals surface area (Å²) in [5, 5.41) is 0. The molecule has 0 N–H and O–H groups in total. The van der Waals surface area contributed by atoms with Gasteiger partial charge in [0.15, 0.2) is 0 Å². The van der Waals surface area contributed by atoms with Gasteiger partial charge in [0.25, 0.3) is 0 Å². The zero-order valence-corrected chi connectivity index (χ0v) is 10.6. The Morgan fingerprint density at radius 1 is 1.05 bits per heavy atom. The standard InChI is InChI=1S/C16H14F2O/c1-19-15-9-5-12(6-10-15)3-2-4-13-7-8-14(17)11-16(13)18/h2-3,5-11H,4H2,1H3/b3-2+. The monoisotopic (exact) mass is 260 g/mol. The van der Waals surface area contributed by atoms with Crippen molar-refractivity contribution in [1.82, 2.24) is 0 Å². The van der Waals surface area contributed by atoms with Crippen molar-refractivity contribution in [3.8, 4) is 5.75 Å². The smallest absolute Gasteiger partial charge is 0.129 e. The molecule has 0 unspecified atom stereocenters. The van der Waals surface area contributed by atoms with E-state index in [0.29, 0.717) is 12.0 Å². The molecule has 0 heterocycles. The third kappa shape index (κ3) is 3.65. The van der Waals surface area contributed by atoms with E-state index in [-0.39, 0.29) is 0 Å². The number of hydrogen-bond acceptors (Lipinski definition) is 1. The summed E-state index contributed by atoms with van der Waals surface area (Å²) in [6.07, 6.45) is 4.17. The van der Waals surface area contributed by atoms with Gasteiger partial charge in [-0.15, -0.1) is 0 Å². The molecule has 0 aliphatic carbocycles. The number of methoxy groups -OCH3 is 1. The van der Waals surface area contributed by atoms with Crippen LogP contribution in [-0.2, 0) is 6.42 Å². The van der Waals surface area contributed by atoms with E-state index in [1.165, 1.54) is 12.1 Å². The van der Waals surface area contributed by atoms with Crippen LogP contribution in [0.1, 0.15) is 11.1 Å². The highest BCUT2D eigenvalue weighted by Gasteiger charge is 2.01. The molecule has 1 nitrogen and oxygen atoms in total. The Morgan fingerprint density at radius 3 is 2.42 bits per heavy atom. The maximum Gasteiger partial charge on any atom is 0.129 e. The number of rotatable bonds is 4. The average Bonchev–Trinajstić information content (AvgIpc) is 2.42. The van der Waals surface area contributed by atoms with E-state index in [1.807, 2.05) is 36.4 Å². The lowest BCUT2D eigenvalue weighted by atomic mass is 10.1. The van der Waals surface area contributed by atoms with Crippen molar-refractivity contribution in [1.29, 1.82) is 0 Å². The summed E-state index contributed by atoms with van der Waals surface area (Å²) in [6, 6.07) is 11.2. The predicted octanol–water partition coefficient (Wildman–Crippen LogP) is 4.23. The van der Waals surface area contributed by atoms with E-state index >= 15 is 0 Å². The molecular formula is C16H14F2O. The molecule has 0 amide bonds. The molecule has 0 aromatic heterocycles. The van der Waals surface area contributed by atoms with Crippen LogP contribution in [0.3, 0.4) is 0 Å². The van der Waals surface area contributed by atoms with Gasteiger partial charge in [0.1, 0.15) is 17.4 Å². The van der Waals surface area contributed by atoms with E-state index in [4.69, 9.17) is 4.74 Å². The Labute approximate surface area is 111 Å². The molecule has 19 heavy (non-hydrogen) atoms. The van der Waals surface area contributed by atoms with Crippen LogP contribution in [-0.4, -0.2) is 7.11 Å². The minimum atomic E-state index is -0.555. The number of allylic oxidation sites excluding steroid dienone is 1. The van der Waals surface area contributed by atoms with Crippen LogP contribution in [0, 0.1) is 11.6 Å². The fourth-order valence-electron chi connectivity index (χ4n) is 1.72. The first-order valence-electron chi connectivity index (χ1n) is 5.93. The largest absolute Gasteiger partial charge is 0.497 e. The fourth-order valence-corrected chi connectivity index (χ4v) is 1.72. The molecule has 0 bridgehead atoms. The third-order valence-electron chi connectivity index (χ3n) is 2.78. The minimum Gasteiger partial charge on any atom is -0.497 e. The quantitative estimate of drug-likeness (QED) is 0.799. The topological polar surface area (TPSA) is 9.23 Å². The zero-order chi connectivity index (χ0) is 13.7. The second-order valence-corrected chi connectivity index (χ2v) is 4.12. The molecule has 0 spiro atoms. The maximum atomic E-state index is 13.4. The Kier molecular flexibility index (Phi) is 4.29. The molecule has 0 atom stereocenters. The summed E-state index contributed by atoms with van der Waals surface area (Å²) < 4.78 is 31.2. The molecule has 2 aromatic carbocycles. The van der Waals surface area contributed by atoms with Gasteiger partial charge in [0, 0.05) is 6.07 Å². The van der Waals surface area contributed by atoms with Gasteiger partial charge in [-0.2, -0.15) is 0 Å². The molecule has 0 aliphatic heterocycles. The zero-order valence-electron chi connectivity index (χ0n) is 10.6. The van der Waals surface area contributed by atoms with Crippen molar-refractivity contribution >= 4 is 6.08 Å². The second kappa shape index (κ2) is 6.14. The van der Waals surface area contributed by atoms with Gasteiger partial charge in [-0.3, -0.25) is 0 Å². The molecular weight excluding hydrogens is 246 g/mol. The summed E-state index contributed by atoms with van der Waals surface area (Å²) in [7, 11) is 1.61. The number of hydrogen-bond donors (Lipinski definition) is 0. The highest BCUT2D eigenvalue weighted by molar-refractivity contribution is 5.51. The molecule has 0 saturated heterocycles. The van der Waals surface area contributed by atoms with Crippen LogP contribution in [0.5, 0.6) is 5.75 Å². The first-order valence-corrected chi connectivity index (χ1v) is 5.93. The summed E-state index contributed by atoms with van der Waals surface area (Å²) in [6.45, 7) is 0. The van der Waals surface area contributed by atoms with E-state index in [0.717, 1.165) is 17.4 Å². The Bertz CT molecular complexity index is 574. The number of ether oxygens (including phenoxy) is 1. The van der Waals surface area contributed by atoms with Crippen molar-refractivity contribution in [2.24, 2.45) is 0 Å². The van der Waals surface area contributed by atoms with Crippen LogP contribution < -0.4 is 4.74 Å². The summed E-state index contributed by atoms with van der Waals surface area (Å²) in [4.78, 5) is 0. The molecule has 0 fully saturated rings. The third-order valence-corrected chi connectivity index (χ3v) is 2.78. The highest BCUT2D eigenvalue weighted by atomic mass is 19.1. The van der Waals surface area contributed by atoms with Crippen molar-refractivity contribution in [3.63, 3.8) is 0 Å². The normalized spacial score (nSPS) is 10.9. The Hall–Kier alpha value is -2.16. The molecule has 0 saturated carbocycles. The maximum absolute atomic E-state index is 13.4. The van der Waals surface area contributed by atoms with Crippen LogP contribution in [0.4, 0.5) is 8.78 Å². The minimum absolute atomic E-state index is 0.429. The van der Waals surface area contributed by atoms with E-state index < -0.39 is 11.6 Å². The first kappa shape index (κ1) is 13.3. The number of benzene rings is 2. The van der Waals surface area contributed by atoms with Gasteiger partial charge < -0.3 is 4.74 Å². The van der Waals surface area contributed by atoms with E-state index in [9.17, 15) is 8.78 Å². The van der Waals surface area contributed by atoms with E-state index in [2.05, 4.69) is 0 Å². The van der Waals surface area contributed by atoms with Gasteiger partial charge in [-0.1, -0.05) is 30.4 Å². The van der Waals surface area contributed by atoms with Gasteiger partial charge in [0.05, 0.1) is 7.11 Å². The van der Waals surface area contributed by atoms with Gasteiger partial charge >= 0.3 is 0 Å². The van der Waals surface area contributed by atoms with Gasteiger partial charge in [0.2, 0.25) is 0 Å². The second-order valence-electron chi connectivity index (χ2n) is 4.12. The lowest BCUT2D eigenvalue weighted by Crippen LogP contribution is -1.89. The lowest BCUT2D eigenvalue weighted by molar-refractivity contribution is 0.415. The van der Waals surface area contributed by atoms with Crippen molar-refractivity contribution in [2.45, 2.75) is 6.42 Å². The Morgan fingerprint density at radius 2 is 1.79 bits per heavy atom. The molecule has 2 rings (SSSR count). The average molecular weight is 260 g/mol. The van der Waals surface area contributed by atoms with Crippen LogP contribution in [0.2, 0.25) is 0 Å². The molecule has 0 aliphatic rings. The van der Waals surface area contributed by atoms with Crippen LogP contribution in [0.25, 0.3) is 6.08 Å². The first-order chi connectivity index (χ1) is 9.19. The molecule has 98 valence electrons. The van der Waals surface area contributed by atoms with Crippen LogP contribution in [0.15, 0.2) is 48.5 Å². The molecule has 2 aromatic rings. The summed E-state index contributed by atoms with van der Waals surface area (Å²) in [5.41, 5.74) is 1.48.